The minimum atomic E-state index is -2.18. The SMILES string of the molecule is COc1cc(/C=C/C(=O)OC[C@H]2O[C@@H](O[C@H]3[C@H](OC4=C(c5ccc(O)c(O)c5)OC5C=C(O)C=C(O[C@@H]6O[C@H](CO)[C@@H](O)[C@H](O)[C@H]6O)C5=C4)O[C@H](COC(=O)/C=C/c4ccc(O)c(O)c4)[C@@H](O)[C@@H]3O)[C@H](O)[C@@H](O)[C@@H]2O)ccc1O. The van der Waals surface area contributed by atoms with Crippen molar-refractivity contribution in [2.45, 2.75) is 98.2 Å². The molecule has 3 fully saturated rings. The van der Waals surface area contributed by atoms with E-state index in [9.17, 15) is 86.2 Å². The lowest BCUT2D eigenvalue weighted by Crippen LogP contribution is -2.64. The summed E-state index contributed by atoms with van der Waals surface area (Å²) in [5.41, 5.74) is 0.586. The summed E-state index contributed by atoms with van der Waals surface area (Å²) < 4.78 is 57.7. The average Bonchev–Trinajstić information content (AvgIpc) is 3.43. The van der Waals surface area contributed by atoms with Crippen molar-refractivity contribution in [3.05, 3.63) is 125 Å². The van der Waals surface area contributed by atoms with Gasteiger partial charge in [-0.05, 0) is 71.8 Å². The molecule has 3 aromatic rings. The molecule has 3 saturated heterocycles. The van der Waals surface area contributed by atoms with Crippen molar-refractivity contribution in [3.63, 3.8) is 0 Å². The molecule has 3 aromatic carbocycles. The molecule has 4 aliphatic heterocycles. The number of methoxy groups -OCH3 is 1. The first-order chi connectivity index (χ1) is 37.6. The number of carbonyl (C=O) groups is 2. The maximum Gasteiger partial charge on any atom is 0.330 e. The van der Waals surface area contributed by atoms with Gasteiger partial charge in [-0.1, -0.05) is 12.1 Å². The van der Waals surface area contributed by atoms with Gasteiger partial charge in [-0.3, -0.25) is 0 Å². The van der Waals surface area contributed by atoms with Crippen molar-refractivity contribution in [1.82, 2.24) is 0 Å². The Morgan fingerprint density at radius 1 is 0.570 bits per heavy atom. The van der Waals surface area contributed by atoms with Gasteiger partial charge in [0, 0.05) is 35.4 Å². The molecule has 0 amide bonds. The van der Waals surface area contributed by atoms with E-state index in [0.29, 0.717) is 5.56 Å². The standard InChI is InChI=1S/C52H56O27/c1-70-33-13-22(3-8-28(33)57)5-11-39(61)71-19-36-41(63)44(66)47(69)51(77-36)79-49-45(67)42(64)37(20-72-38(60)10-4-21-2-7-26(55)29(58)12-21)78-52(49)75-34-17-25-31(73-48(34)23-6-9-27(56)30(59)14-23)15-24(54)16-32(25)74-50-46(68)43(65)40(62)35(18-53)76-50/h2-17,31,35-37,40-47,49-59,62-69H,18-20H2,1H3/b10-4+,11-5+/t31?,35-,36-,37-,40-,41-,42-,43+,44+,45+,46-,47-,49-,50-,51+,52-/m1/s1. The highest BCUT2D eigenvalue weighted by Gasteiger charge is 2.53. The van der Waals surface area contributed by atoms with Gasteiger partial charge >= 0.3 is 11.9 Å². The number of phenolic OH excluding ortho intramolecular Hbond substituents is 5. The molecule has 1 aliphatic carbocycles. The van der Waals surface area contributed by atoms with Gasteiger partial charge in [-0.2, -0.15) is 0 Å². The third-order valence-electron chi connectivity index (χ3n) is 12.9. The summed E-state index contributed by atoms with van der Waals surface area (Å²) in [6, 6.07) is 11.3. The molecule has 5 aliphatic rings. The minimum Gasteiger partial charge on any atom is -0.508 e. The number of benzene rings is 3. The van der Waals surface area contributed by atoms with E-state index in [1.54, 1.807) is 0 Å². The molecule has 0 radical (unpaired) electrons. The van der Waals surface area contributed by atoms with E-state index in [2.05, 4.69) is 0 Å². The predicted octanol–water partition coefficient (Wildman–Crippen LogP) is -1.46. The van der Waals surface area contributed by atoms with Crippen molar-refractivity contribution >= 4 is 29.8 Å². The van der Waals surface area contributed by atoms with Crippen molar-refractivity contribution in [3.8, 4) is 34.5 Å². The third kappa shape index (κ3) is 13.0. The number of allylic oxidation sites excluding steroid dienone is 2. The number of aromatic hydroxyl groups is 5. The summed E-state index contributed by atoms with van der Waals surface area (Å²) in [7, 11) is 1.32. The Kier molecular flexibility index (Phi) is 18.0. The molecule has 79 heavy (non-hydrogen) atoms. The first-order valence-electron chi connectivity index (χ1n) is 24.0. The number of carbonyl (C=O) groups excluding carboxylic acids is 2. The largest absolute Gasteiger partial charge is 0.508 e. The van der Waals surface area contributed by atoms with E-state index in [1.807, 2.05) is 0 Å². The number of aliphatic hydroxyl groups excluding tert-OH is 10. The summed E-state index contributed by atoms with van der Waals surface area (Å²) >= 11 is 0. The van der Waals surface area contributed by atoms with Crippen molar-refractivity contribution in [1.29, 1.82) is 0 Å². The van der Waals surface area contributed by atoms with Crippen LogP contribution in [-0.2, 0) is 52.2 Å². The topological polar surface area (TPSA) is 430 Å². The molecule has 16 atom stereocenters. The zero-order chi connectivity index (χ0) is 57.0. The Morgan fingerprint density at radius 3 is 1.72 bits per heavy atom. The highest BCUT2D eigenvalue weighted by atomic mass is 16.8. The van der Waals surface area contributed by atoms with Gasteiger partial charge in [0.05, 0.1) is 13.7 Å². The van der Waals surface area contributed by atoms with E-state index in [4.69, 9.17) is 47.4 Å². The zero-order valence-corrected chi connectivity index (χ0v) is 41.2. The predicted molar refractivity (Wildman–Crippen MR) is 261 cm³/mol. The second-order valence-corrected chi connectivity index (χ2v) is 18.3. The Bertz CT molecular complexity index is 2890. The molecule has 0 saturated carbocycles. The molecule has 27 heteroatoms. The van der Waals surface area contributed by atoms with Crippen LogP contribution >= 0.6 is 0 Å². The molecule has 4 heterocycles. The first kappa shape index (κ1) is 57.7. The fraction of sp³-hybridized carbons (Fsp3) is 0.385. The van der Waals surface area contributed by atoms with E-state index in [0.717, 1.165) is 42.5 Å². The maximum atomic E-state index is 13.0. The lowest BCUT2D eigenvalue weighted by Gasteiger charge is -2.46. The second-order valence-electron chi connectivity index (χ2n) is 18.3. The number of phenols is 5. The van der Waals surface area contributed by atoms with Crippen molar-refractivity contribution < 1.29 is 134 Å². The number of ether oxygens (including phenoxy) is 10. The highest BCUT2D eigenvalue weighted by Crippen LogP contribution is 2.42. The summed E-state index contributed by atoms with van der Waals surface area (Å²) in [6.45, 7) is -2.43. The van der Waals surface area contributed by atoms with Gasteiger partial charge in [-0.15, -0.1) is 0 Å². The van der Waals surface area contributed by atoms with Crippen molar-refractivity contribution in [2.75, 3.05) is 26.9 Å². The van der Waals surface area contributed by atoms with E-state index in [1.165, 1.54) is 61.7 Å². The third-order valence-corrected chi connectivity index (χ3v) is 12.9. The number of fused-ring (bicyclic) bond motifs is 1. The van der Waals surface area contributed by atoms with Gasteiger partial charge in [0.2, 0.25) is 12.6 Å². The number of hydrogen-bond donors (Lipinski definition) is 15. The van der Waals surface area contributed by atoms with Crippen LogP contribution in [0.5, 0.6) is 34.5 Å². The fourth-order valence-corrected chi connectivity index (χ4v) is 8.57. The quantitative estimate of drug-likeness (QED) is 0.0417. The zero-order valence-electron chi connectivity index (χ0n) is 41.2. The Balaban J connectivity index is 1.10. The maximum absolute atomic E-state index is 13.0. The van der Waals surface area contributed by atoms with Crippen LogP contribution in [0, 0.1) is 0 Å². The van der Waals surface area contributed by atoms with E-state index < -0.39 is 164 Å². The van der Waals surface area contributed by atoms with Crippen LogP contribution in [-0.4, -0.2) is 214 Å². The number of aliphatic hydroxyl groups is 10. The smallest absolute Gasteiger partial charge is 0.330 e. The number of hydrogen-bond acceptors (Lipinski definition) is 27. The van der Waals surface area contributed by atoms with Gasteiger partial charge in [0.25, 0.3) is 0 Å². The summed E-state index contributed by atoms with van der Waals surface area (Å²) in [6.07, 6.45) is -22.3. The van der Waals surface area contributed by atoms with Crippen LogP contribution in [0.4, 0.5) is 0 Å². The van der Waals surface area contributed by atoms with Crippen LogP contribution in [0.3, 0.4) is 0 Å². The molecule has 27 nitrogen and oxygen atoms in total. The van der Waals surface area contributed by atoms with Gasteiger partial charge < -0.3 is 124 Å². The van der Waals surface area contributed by atoms with Crippen molar-refractivity contribution in [2.24, 2.45) is 0 Å². The molecular weight excluding hydrogens is 1060 g/mol. The Hall–Kier alpha value is -7.48. The van der Waals surface area contributed by atoms with Crippen LogP contribution in [0.1, 0.15) is 16.7 Å². The van der Waals surface area contributed by atoms with Crippen LogP contribution in [0.25, 0.3) is 17.9 Å². The van der Waals surface area contributed by atoms with Crippen LogP contribution < -0.4 is 4.74 Å². The second kappa shape index (κ2) is 24.7. The molecule has 0 spiro atoms. The summed E-state index contributed by atoms with van der Waals surface area (Å²) in [5.74, 6) is -5.77. The van der Waals surface area contributed by atoms with Gasteiger partial charge in [0.1, 0.15) is 98.0 Å². The molecule has 15 N–H and O–H groups in total. The minimum absolute atomic E-state index is 0.0364. The molecule has 426 valence electrons. The van der Waals surface area contributed by atoms with Crippen LogP contribution in [0.15, 0.2) is 108 Å². The average molecular weight is 1110 g/mol. The monoisotopic (exact) mass is 1110 g/mol. The van der Waals surface area contributed by atoms with Gasteiger partial charge in [-0.25, -0.2) is 9.59 Å². The van der Waals surface area contributed by atoms with E-state index >= 15 is 0 Å². The Morgan fingerprint density at radius 2 is 1.11 bits per heavy atom. The van der Waals surface area contributed by atoms with E-state index in [-0.39, 0.29) is 39.7 Å². The molecule has 0 bridgehead atoms. The number of rotatable bonds is 17. The first-order valence-corrected chi connectivity index (χ1v) is 24.0. The summed E-state index contributed by atoms with van der Waals surface area (Å²) in [4.78, 5) is 25.8. The normalized spacial score (nSPS) is 31.8. The molecule has 1 unspecified atom stereocenters. The Labute approximate surface area is 446 Å². The fourth-order valence-electron chi connectivity index (χ4n) is 8.57. The highest BCUT2D eigenvalue weighted by molar-refractivity contribution is 5.87. The molecule has 8 rings (SSSR count). The number of esters is 2. The lowest BCUT2D eigenvalue weighted by atomic mass is 9.95. The summed E-state index contributed by atoms with van der Waals surface area (Å²) in [5, 5.41) is 159. The lowest BCUT2D eigenvalue weighted by molar-refractivity contribution is -0.363. The van der Waals surface area contributed by atoms with Crippen LogP contribution in [0.2, 0.25) is 0 Å². The van der Waals surface area contributed by atoms with Gasteiger partial charge in [0.15, 0.2) is 58.4 Å². The molecule has 0 aromatic heterocycles. The molecular formula is C52H56O27.